The zero-order chi connectivity index (χ0) is 17.6. The first-order valence-corrected chi connectivity index (χ1v) is 8.91. The lowest BCUT2D eigenvalue weighted by Gasteiger charge is -2.30. The van der Waals surface area contributed by atoms with E-state index in [-0.39, 0.29) is 5.91 Å². The maximum atomic E-state index is 12.6. The van der Waals surface area contributed by atoms with Crippen molar-refractivity contribution in [3.05, 3.63) is 48.3 Å². The molecule has 1 N–H and O–H groups in total. The predicted molar refractivity (Wildman–Crippen MR) is 99.4 cm³/mol. The lowest BCUT2D eigenvalue weighted by molar-refractivity contribution is 0.0691. The van der Waals surface area contributed by atoms with Crippen LogP contribution in [0.3, 0.4) is 0 Å². The van der Waals surface area contributed by atoms with E-state index in [2.05, 4.69) is 17.2 Å². The number of ether oxygens (including phenoxy) is 1. The minimum Gasteiger partial charge on any atom is -0.494 e. The molecule has 1 aliphatic heterocycles. The van der Waals surface area contributed by atoms with Crippen LogP contribution in [0.5, 0.6) is 5.75 Å². The quantitative estimate of drug-likeness (QED) is 0.891. The minimum atomic E-state index is 0.0160. The smallest absolute Gasteiger partial charge is 0.272 e. The standard InChI is InChI=1S/C20H25N3O2/c1-3-25-18-6-4-16(5-7-18)22-17-8-11-21-19(14-17)20(24)23-12-9-15(2)10-13-23/h4-8,11,14-15H,3,9-10,12-13H2,1-2H3,(H,21,22). The van der Waals surface area contributed by atoms with E-state index in [1.54, 1.807) is 6.20 Å². The molecule has 1 fully saturated rings. The Morgan fingerprint density at radius 3 is 2.60 bits per heavy atom. The van der Waals surface area contributed by atoms with E-state index < -0.39 is 0 Å². The van der Waals surface area contributed by atoms with Gasteiger partial charge in [0.15, 0.2) is 0 Å². The second kappa shape index (κ2) is 8.01. The van der Waals surface area contributed by atoms with Crippen molar-refractivity contribution in [3.8, 4) is 5.75 Å². The molecule has 1 aromatic heterocycles. The highest BCUT2D eigenvalue weighted by Gasteiger charge is 2.22. The highest BCUT2D eigenvalue weighted by Crippen LogP contribution is 2.22. The third kappa shape index (κ3) is 4.50. The van der Waals surface area contributed by atoms with E-state index in [1.165, 1.54) is 0 Å². The Morgan fingerprint density at radius 2 is 1.92 bits per heavy atom. The number of carbonyl (C=O) groups is 1. The van der Waals surface area contributed by atoms with Crippen LogP contribution in [0.15, 0.2) is 42.6 Å². The number of likely N-dealkylation sites (tertiary alicyclic amines) is 1. The number of hydrogen-bond acceptors (Lipinski definition) is 4. The van der Waals surface area contributed by atoms with Gasteiger partial charge in [-0.2, -0.15) is 0 Å². The molecule has 0 unspecified atom stereocenters. The summed E-state index contributed by atoms with van der Waals surface area (Å²) in [4.78, 5) is 18.8. The number of hydrogen-bond donors (Lipinski definition) is 1. The van der Waals surface area contributed by atoms with Gasteiger partial charge < -0.3 is 15.0 Å². The molecular formula is C20H25N3O2. The van der Waals surface area contributed by atoms with Gasteiger partial charge >= 0.3 is 0 Å². The molecule has 0 bridgehead atoms. The third-order valence-electron chi connectivity index (χ3n) is 4.50. The van der Waals surface area contributed by atoms with Crippen molar-refractivity contribution in [1.82, 2.24) is 9.88 Å². The Kier molecular flexibility index (Phi) is 5.53. The second-order valence-electron chi connectivity index (χ2n) is 6.49. The number of anilines is 2. The summed E-state index contributed by atoms with van der Waals surface area (Å²) in [5.41, 5.74) is 2.29. The van der Waals surface area contributed by atoms with Crippen LogP contribution in [-0.4, -0.2) is 35.5 Å². The zero-order valence-electron chi connectivity index (χ0n) is 14.9. The van der Waals surface area contributed by atoms with Crippen molar-refractivity contribution in [1.29, 1.82) is 0 Å². The fraction of sp³-hybridized carbons (Fsp3) is 0.400. The summed E-state index contributed by atoms with van der Waals surface area (Å²) in [6, 6.07) is 11.4. The van der Waals surface area contributed by atoms with E-state index in [9.17, 15) is 4.79 Å². The first-order chi connectivity index (χ1) is 12.2. The Morgan fingerprint density at radius 1 is 1.20 bits per heavy atom. The lowest BCUT2D eigenvalue weighted by atomic mass is 9.99. The van der Waals surface area contributed by atoms with Gasteiger partial charge in [-0.3, -0.25) is 9.78 Å². The van der Waals surface area contributed by atoms with Gasteiger partial charge in [0.25, 0.3) is 5.91 Å². The SMILES string of the molecule is CCOc1ccc(Nc2ccnc(C(=O)N3CCC(C)CC3)c2)cc1. The highest BCUT2D eigenvalue weighted by atomic mass is 16.5. The summed E-state index contributed by atoms with van der Waals surface area (Å²) in [6.45, 7) is 6.49. The molecule has 1 aliphatic rings. The number of carbonyl (C=O) groups excluding carboxylic acids is 1. The zero-order valence-corrected chi connectivity index (χ0v) is 14.9. The molecule has 3 rings (SSSR count). The highest BCUT2D eigenvalue weighted by molar-refractivity contribution is 5.93. The van der Waals surface area contributed by atoms with Gasteiger partial charge in [-0.05, 0) is 62.1 Å². The molecule has 0 aliphatic carbocycles. The van der Waals surface area contributed by atoms with E-state index in [4.69, 9.17) is 4.74 Å². The maximum absolute atomic E-state index is 12.6. The van der Waals surface area contributed by atoms with Gasteiger partial charge in [0, 0.05) is 30.7 Å². The number of benzene rings is 1. The predicted octanol–water partition coefficient (Wildman–Crippen LogP) is 4.10. The van der Waals surface area contributed by atoms with Gasteiger partial charge in [-0.25, -0.2) is 0 Å². The fourth-order valence-electron chi connectivity index (χ4n) is 2.97. The van der Waals surface area contributed by atoms with Crippen molar-refractivity contribution in [2.45, 2.75) is 26.7 Å². The average molecular weight is 339 g/mol. The van der Waals surface area contributed by atoms with Crippen LogP contribution in [0.2, 0.25) is 0 Å². The molecule has 5 nitrogen and oxygen atoms in total. The van der Waals surface area contributed by atoms with Crippen LogP contribution < -0.4 is 10.1 Å². The Labute approximate surface area is 149 Å². The van der Waals surface area contributed by atoms with Crippen molar-refractivity contribution < 1.29 is 9.53 Å². The van der Waals surface area contributed by atoms with Crippen molar-refractivity contribution >= 4 is 17.3 Å². The molecule has 0 saturated carbocycles. The van der Waals surface area contributed by atoms with Crippen molar-refractivity contribution in [2.24, 2.45) is 5.92 Å². The molecule has 1 amide bonds. The lowest BCUT2D eigenvalue weighted by Crippen LogP contribution is -2.38. The molecule has 0 radical (unpaired) electrons. The van der Waals surface area contributed by atoms with Crippen molar-refractivity contribution in [2.75, 3.05) is 25.0 Å². The Hall–Kier alpha value is -2.56. The number of amides is 1. The largest absolute Gasteiger partial charge is 0.494 e. The van der Waals surface area contributed by atoms with E-state index in [1.807, 2.05) is 48.2 Å². The minimum absolute atomic E-state index is 0.0160. The molecule has 1 saturated heterocycles. The number of nitrogens with zero attached hydrogens (tertiary/aromatic N) is 2. The fourth-order valence-corrected chi connectivity index (χ4v) is 2.97. The molecule has 0 atom stereocenters. The average Bonchev–Trinajstić information content (AvgIpc) is 2.64. The molecule has 2 aromatic rings. The first kappa shape index (κ1) is 17.3. The third-order valence-corrected chi connectivity index (χ3v) is 4.50. The maximum Gasteiger partial charge on any atom is 0.272 e. The summed E-state index contributed by atoms with van der Waals surface area (Å²) in [5, 5.41) is 3.31. The van der Waals surface area contributed by atoms with Crippen LogP contribution in [0.25, 0.3) is 0 Å². The van der Waals surface area contributed by atoms with Crippen molar-refractivity contribution in [3.63, 3.8) is 0 Å². The number of piperidine rings is 1. The number of nitrogens with one attached hydrogen (secondary N) is 1. The van der Waals surface area contributed by atoms with Gasteiger partial charge in [-0.15, -0.1) is 0 Å². The topological polar surface area (TPSA) is 54.5 Å². The second-order valence-corrected chi connectivity index (χ2v) is 6.49. The molecule has 132 valence electrons. The van der Waals surface area contributed by atoms with Gasteiger partial charge in [-0.1, -0.05) is 6.92 Å². The van der Waals surface area contributed by atoms with Crippen LogP contribution in [0.1, 0.15) is 37.2 Å². The van der Waals surface area contributed by atoms with Gasteiger partial charge in [0.1, 0.15) is 11.4 Å². The van der Waals surface area contributed by atoms with E-state index >= 15 is 0 Å². The van der Waals surface area contributed by atoms with Crippen LogP contribution in [0, 0.1) is 5.92 Å². The van der Waals surface area contributed by atoms with Crippen LogP contribution in [0.4, 0.5) is 11.4 Å². The van der Waals surface area contributed by atoms with Gasteiger partial charge in [0.2, 0.25) is 0 Å². The number of aromatic nitrogens is 1. The molecule has 25 heavy (non-hydrogen) atoms. The summed E-state index contributed by atoms with van der Waals surface area (Å²) >= 11 is 0. The number of rotatable bonds is 5. The molecule has 0 spiro atoms. The summed E-state index contributed by atoms with van der Waals surface area (Å²) in [6.07, 6.45) is 3.81. The Balaban J connectivity index is 1.67. The molecule has 1 aromatic carbocycles. The summed E-state index contributed by atoms with van der Waals surface area (Å²) < 4.78 is 5.45. The monoisotopic (exact) mass is 339 g/mol. The van der Waals surface area contributed by atoms with Gasteiger partial charge in [0.05, 0.1) is 6.61 Å². The summed E-state index contributed by atoms with van der Waals surface area (Å²) in [5.74, 6) is 1.56. The molecule has 2 heterocycles. The van der Waals surface area contributed by atoms with Crippen LogP contribution >= 0.6 is 0 Å². The molecular weight excluding hydrogens is 314 g/mol. The Bertz CT molecular complexity index is 707. The van der Waals surface area contributed by atoms with Crippen LogP contribution in [-0.2, 0) is 0 Å². The van der Waals surface area contributed by atoms with E-state index in [0.717, 1.165) is 43.1 Å². The summed E-state index contributed by atoms with van der Waals surface area (Å²) in [7, 11) is 0. The number of pyridine rings is 1. The molecule has 5 heteroatoms. The first-order valence-electron chi connectivity index (χ1n) is 8.91. The normalized spacial score (nSPS) is 15.0. The van der Waals surface area contributed by atoms with E-state index in [0.29, 0.717) is 18.2 Å².